The standard InChI is InChI=1S/C21H27NO6/c1-4-28-20(25)21(11-14-5-7-22(13-23)8-6-14)12-15-9-17(26-2)18(27-3)10-16(15)19(21)24/h9-10,13-14H,4-8,11-12H2,1-3H3. The monoisotopic (exact) mass is 389 g/mol. The van der Waals surface area contributed by atoms with E-state index in [4.69, 9.17) is 14.2 Å². The molecule has 1 aromatic carbocycles. The molecule has 0 bridgehead atoms. The lowest BCUT2D eigenvalue weighted by Crippen LogP contribution is -2.43. The van der Waals surface area contributed by atoms with Gasteiger partial charge in [-0.15, -0.1) is 0 Å². The van der Waals surface area contributed by atoms with Gasteiger partial charge in [-0.25, -0.2) is 0 Å². The van der Waals surface area contributed by atoms with E-state index in [-0.39, 0.29) is 18.3 Å². The maximum Gasteiger partial charge on any atom is 0.320 e. The van der Waals surface area contributed by atoms with Gasteiger partial charge in [-0.2, -0.15) is 0 Å². The number of ether oxygens (including phenoxy) is 3. The summed E-state index contributed by atoms with van der Waals surface area (Å²) in [6, 6.07) is 3.44. The Bertz CT molecular complexity index is 768. The fraction of sp³-hybridized carbons (Fsp3) is 0.571. The molecule has 1 fully saturated rings. The van der Waals surface area contributed by atoms with E-state index in [2.05, 4.69) is 0 Å². The second kappa shape index (κ2) is 8.20. The van der Waals surface area contributed by atoms with Crippen molar-refractivity contribution in [1.29, 1.82) is 0 Å². The van der Waals surface area contributed by atoms with E-state index >= 15 is 0 Å². The first kappa shape index (κ1) is 20.2. The number of likely N-dealkylation sites (tertiary alicyclic amines) is 1. The van der Waals surface area contributed by atoms with E-state index in [1.807, 2.05) is 0 Å². The molecule has 1 aromatic rings. The Balaban J connectivity index is 1.93. The smallest absolute Gasteiger partial charge is 0.320 e. The van der Waals surface area contributed by atoms with Gasteiger partial charge in [0.15, 0.2) is 17.3 Å². The molecule has 1 aliphatic carbocycles. The molecule has 152 valence electrons. The molecule has 0 saturated carbocycles. The molecule has 7 nitrogen and oxygen atoms in total. The third-order valence-corrected chi connectivity index (χ3v) is 5.88. The highest BCUT2D eigenvalue weighted by atomic mass is 16.5. The van der Waals surface area contributed by atoms with Crippen molar-refractivity contribution < 1.29 is 28.6 Å². The molecule has 1 atom stereocenters. The Kier molecular flexibility index (Phi) is 5.91. The average Bonchev–Trinajstić information content (AvgIpc) is 2.99. The summed E-state index contributed by atoms with van der Waals surface area (Å²) < 4.78 is 16.0. The van der Waals surface area contributed by atoms with Crippen LogP contribution in [0.2, 0.25) is 0 Å². The zero-order valence-corrected chi connectivity index (χ0v) is 16.7. The topological polar surface area (TPSA) is 82.1 Å². The van der Waals surface area contributed by atoms with Gasteiger partial charge >= 0.3 is 5.97 Å². The first-order chi connectivity index (χ1) is 13.5. The van der Waals surface area contributed by atoms with E-state index in [0.29, 0.717) is 43.0 Å². The molecule has 1 amide bonds. The Morgan fingerprint density at radius 1 is 1.21 bits per heavy atom. The summed E-state index contributed by atoms with van der Waals surface area (Å²) in [7, 11) is 3.06. The highest BCUT2D eigenvalue weighted by Crippen LogP contribution is 2.47. The summed E-state index contributed by atoms with van der Waals surface area (Å²) >= 11 is 0. The van der Waals surface area contributed by atoms with Crippen LogP contribution in [0.15, 0.2) is 12.1 Å². The summed E-state index contributed by atoms with van der Waals surface area (Å²) in [6.45, 7) is 3.26. The molecule has 1 saturated heterocycles. The first-order valence-electron chi connectivity index (χ1n) is 9.65. The normalized spacial score (nSPS) is 22.0. The molecule has 0 spiro atoms. The molecule has 0 radical (unpaired) electrons. The number of piperidine rings is 1. The van der Waals surface area contributed by atoms with Gasteiger partial charge in [0.2, 0.25) is 6.41 Å². The molecule has 0 N–H and O–H groups in total. The predicted octanol–water partition coefficient (Wildman–Crippen LogP) is 2.25. The van der Waals surface area contributed by atoms with E-state index in [1.165, 1.54) is 7.11 Å². The second-order valence-corrected chi connectivity index (χ2v) is 7.46. The zero-order chi connectivity index (χ0) is 20.3. The average molecular weight is 389 g/mol. The second-order valence-electron chi connectivity index (χ2n) is 7.46. The number of hydrogen-bond donors (Lipinski definition) is 0. The van der Waals surface area contributed by atoms with E-state index in [1.54, 1.807) is 31.1 Å². The highest BCUT2D eigenvalue weighted by molar-refractivity contribution is 6.16. The Morgan fingerprint density at radius 2 is 1.86 bits per heavy atom. The van der Waals surface area contributed by atoms with Gasteiger partial charge in [0.1, 0.15) is 5.41 Å². The number of nitrogens with zero attached hydrogens (tertiary/aromatic N) is 1. The van der Waals surface area contributed by atoms with Crippen molar-refractivity contribution in [3.63, 3.8) is 0 Å². The third kappa shape index (κ3) is 3.45. The van der Waals surface area contributed by atoms with Crippen molar-refractivity contribution in [3.8, 4) is 11.5 Å². The Morgan fingerprint density at radius 3 is 2.43 bits per heavy atom. The van der Waals surface area contributed by atoms with Gasteiger partial charge in [0, 0.05) is 18.7 Å². The van der Waals surface area contributed by atoms with Crippen LogP contribution in [0, 0.1) is 11.3 Å². The summed E-state index contributed by atoms with van der Waals surface area (Å²) in [6.07, 6.45) is 3.13. The molecule has 1 aliphatic heterocycles. The Hall–Kier alpha value is -2.57. The third-order valence-electron chi connectivity index (χ3n) is 5.88. The van der Waals surface area contributed by atoms with Gasteiger partial charge in [-0.05, 0) is 56.2 Å². The van der Waals surface area contributed by atoms with Gasteiger partial charge in [0.05, 0.1) is 20.8 Å². The number of carbonyl (C=O) groups excluding carboxylic acids is 3. The number of Topliss-reactive ketones (excluding diaryl/α,β-unsaturated/α-hetero) is 1. The maximum absolute atomic E-state index is 13.4. The van der Waals surface area contributed by atoms with Gasteiger partial charge < -0.3 is 19.1 Å². The minimum absolute atomic E-state index is 0.183. The minimum atomic E-state index is -1.22. The molecule has 1 unspecified atom stereocenters. The summed E-state index contributed by atoms with van der Waals surface area (Å²) in [4.78, 5) is 39.1. The zero-order valence-electron chi connectivity index (χ0n) is 16.7. The minimum Gasteiger partial charge on any atom is -0.493 e. The van der Waals surface area contributed by atoms with Crippen LogP contribution in [0.25, 0.3) is 0 Å². The molecule has 2 aliphatic rings. The van der Waals surface area contributed by atoms with Crippen molar-refractivity contribution in [3.05, 3.63) is 23.3 Å². The van der Waals surface area contributed by atoms with Crippen LogP contribution in [-0.4, -0.2) is 57.0 Å². The lowest BCUT2D eigenvalue weighted by atomic mass is 9.73. The summed E-state index contributed by atoms with van der Waals surface area (Å²) in [5, 5.41) is 0. The lowest BCUT2D eigenvalue weighted by molar-refractivity contribution is -0.153. The number of rotatable bonds is 7. The van der Waals surface area contributed by atoms with E-state index in [0.717, 1.165) is 24.8 Å². The number of methoxy groups -OCH3 is 2. The van der Waals surface area contributed by atoms with Crippen molar-refractivity contribution >= 4 is 18.2 Å². The number of carbonyl (C=O) groups is 3. The number of fused-ring (bicyclic) bond motifs is 1. The van der Waals surface area contributed by atoms with Gasteiger partial charge in [0.25, 0.3) is 0 Å². The number of esters is 1. The van der Waals surface area contributed by atoms with Crippen molar-refractivity contribution in [2.24, 2.45) is 11.3 Å². The van der Waals surface area contributed by atoms with E-state index in [9.17, 15) is 14.4 Å². The van der Waals surface area contributed by atoms with Gasteiger partial charge in [-0.3, -0.25) is 14.4 Å². The van der Waals surface area contributed by atoms with Crippen LogP contribution >= 0.6 is 0 Å². The number of amides is 1. The van der Waals surface area contributed by atoms with Crippen LogP contribution < -0.4 is 9.47 Å². The van der Waals surface area contributed by atoms with Crippen LogP contribution in [-0.2, 0) is 20.7 Å². The molecule has 0 aromatic heterocycles. The highest BCUT2D eigenvalue weighted by Gasteiger charge is 2.54. The van der Waals surface area contributed by atoms with Crippen molar-refractivity contribution in [2.45, 2.75) is 32.6 Å². The number of hydrogen-bond acceptors (Lipinski definition) is 6. The SMILES string of the molecule is CCOC(=O)C1(CC2CCN(C=O)CC2)Cc2cc(OC)c(OC)cc2C1=O. The molecular formula is C21H27NO6. The maximum atomic E-state index is 13.4. The molecule has 1 heterocycles. The largest absolute Gasteiger partial charge is 0.493 e. The van der Waals surface area contributed by atoms with Crippen LogP contribution in [0.1, 0.15) is 42.1 Å². The van der Waals surface area contributed by atoms with Crippen LogP contribution in [0.3, 0.4) is 0 Å². The molecular weight excluding hydrogens is 362 g/mol. The van der Waals surface area contributed by atoms with Crippen molar-refractivity contribution in [2.75, 3.05) is 33.9 Å². The molecule has 3 rings (SSSR count). The van der Waals surface area contributed by atoms with Crippen LogP contribution in [0.4, 0.5) is 0 Å². The number of benzene rings is 1. The van der Waals surface area contributed by atoms with Crippen molar-refractivity contribution in [1.82, 2.24) is 4.90 Å². The fourth-order valence-electron chi connectivity index (χ4n) is 4.38. The lowest BCUT2D eigenvalue weighted by Gasteiger charge is -2.34. The molecule has 28 heavy (non-hydrogen) atoms. The van der Waals surface area contributed by atoms with E-state index < -0.39 is 11.4 Å². The number of ketones is 1. The van der Waals surface area contributed by atoms with Gasteiger partial charge in [-0.1, -0.05) is 0 Å². The Labute approximate surface area is 164 Å². The van der Waals surface area contributed by atoms with Crippen LogP contribution in [0.5, 0.6) is 11.5 Å². The first-order valence-corrected chi connectivity index (χ1v) is 9.65. The quantitative estimate of drug-likeness (QED) is 0.404. The predicted molar refractivity (Wildman–Crippen MR) is 102 cm³/mol. The summed E-state index contributed by atoms with van der Waals surface area (Å²) in [5.41, 5.74) is 0.0565. The fourth-order valence-corrected chi connectivity index (χ4v) is 4.38. The molecule has 7 heteroatoms. The summed E-state index contributed by atoms with van der Waals surface area (Å²) in [5.74, 6) is 0.510.